The molecule has 40 heavy (non-hydrogen) atoms. The first-order valence-electron chi connectivity index (χ1n) is 11.4. The van der Waals surface area contributed by atoms with Gasteiger partial charge >= 0.3 is 18.0 Å². The molecule has 0 atom stereocenters. The molecule has 0 aliphatic carbocycles. The summed E-state index contributed by atoms with van der Waals surface area (Å²) in [5.74, 6) is -1.48. The van der Waals surface area contributed by atoms with Crippen molar-refractivity contribution in [2.24, 2.45) is 0 Å². The summed E-state index contributed by atoms with van der Waals surface area (Å²) >= 11 is 5.74. The Morgan fingerprint density at radius 2 is 1.25 bits per heavy atom. The molecule has 0 saturated heterocycles. The molecular formula is C27H22ClN5O7. The zero-order chi connectivity index (χ0) is 29.1. The summed E-state index contributed by atoms with van der Waals surface area (Å²) in [5.41, 5.74) is 1.23. The van der Waals surface area contributed by atoms with E-state index in [1.54, 1.807) is 60.7 Å². The Bertz CT molecular complexity index is 1520. The van der Waals surface area contributed by atoms with Crippen molar-refractivity contribution in [1.29, 1.82) is 0 Å². The van der Waals surface area contributed by atoms with Crippen LogP contribution >= 0.6 is 11.6 Å². The van der Waals surface area contributed by atoms with Crippen LogP contribution in [0.15, 0.2) is 97.1 Å². The van der Waals surface area contributed by atoms with Gasteiger partial charge in [0.2, 0.25) is 0 Å². The van der Waals surface area contributed by atoms with Crippen LogP contribution in [0.4, 0.5) is 38.0 Å². The number of hydrogen-bond acceptors (Lipinski definition) is 6. The number of phenols is 1. The molecule has 4 aromatic rings. The molecule has 12 nitrogen and oxygen atoms in total. The van der Waals surface area contributed by atoms with Gasteiger partial charge in [0, 0.05) is 22.5 Å². The van der Waals surface area contributed by atoms with E-state index in [0.29, 0.717) is 16.4 Å². The molecule has 4 amide bonds. The molecule has 0 unspecified atom stereocenters. The van der Waals surface area contributed by atoms with Crippen molar-refractivity contribution in [3.63, 3.8) is 0 Å². The largest absolute Gasteiger partial charge is 0.506 e. The number of nitro groups is 1. The number of carboxylic acids is 1. The Labute approximate surface area is 232 Å². The number of anilines is 4. The minimum absolute atomic E-state index is 0.0266. The van der Waals surface area contributed by atoms with E-state index in [1.165, 1.54) is 24.3 Å². The van der Waals surface area contributed by atoms with E-state index < -0.39 is 23.0 Å². The van der Waals surface area contributed by atoms with Crippen LogP contribution in [-0.2, 0) is 0 Å². The van der Waals surface area contributed by atoms with Gasteiger partial charge in [0.15, 0.2) is 0 Å². The zero-order valence-electron chi connectivity index (χ0n) is 20.5. The number of benzene rings is 4. The quantitative estimate of drug-likeness (QED) is 0.0863. The molecule has 0 bridgehead atoms. The highest BCUT2D eigenvalue weighted by atomic mass is 35.5. The monoisotopic (exact) mass is 563 g/mol. The fourth-order valence-electron chi connectivity index (χ4n) is 3.14. The van der Waals surface area contributed by atoms with Crippen molar-refractivity contribution in [1.82, 2.24) is 0 Å². The predicted molar refractivity (Wildman–Crippen MR) is 151 cm³/mol. The molecule has 0 saturated carbocycles. The Kier molecular flexibility index (Phi) is 9.98. The summed E-state index contributed by atoms with van der Waals surface area (Å²) in [6.45, 7) is 0. The van der Waals surface area contributed by atoms with Gasteiger partial charge in [-0.15, -0.1) is 0 Å². The number of aromatic hydroxyl groups is 1. The molecule has 0 fully saturated rings. The third-order valence-electron chi connectivity index (χ3n) is 4.98. The topological polar surface area (TPSA) is 183 Å². The first-order valence-corrected chi connectivity index (χ1v) is 11.8. The normalized spacial score (nSPS) is 9.82. The molecule has 0 radical (unpaired) electrons. The maximum Gasteiger partial charge on any atom is 0.337 e. The maximum absolute atomic E-state index is 11.8. The van der Waals surface area contributed by atoms with E-state index in [2.05, 4.69) is 21.3 Å². The van der Waals surface area contributed by atoms with Crippen molar-refractivity contribution in [2.45, 2.75) is 0 Å². The predicted octanol–water partition coefficient (Wildman–Crippen LogP) is 6.63. The summed E-state index contributed by atoms with van der Waals surface area (Å²) in [5, 5.41) is 39.7. The number of hydrogen-bond donors (Lipinski definition) is 6. The fraction of sp³-hybridized carbons (Fsp3) is 0. The number of amides is 4. The van der Waals surface area contributed by atoms with Crippen LogP contribution in [0.1, 0.15) is 10.4 Å². The van der Waals surface area contributed by atoms with Crippen LogP contribution < -0.4 is 21.3 Å². The number of carbonyl (C=O) groups excluding carboxylic acids is 2. The molecule has 0 aliphatic heterocycles. The number of nitrogens with one attached hydrogen (secondary N) is 4. The lowest BCUT2D eigenvalue weighted by Gasteiger charge is -2.09. The Morgan fingerprint density at radius 3 is 1.82 bits per heavy atom. The standard InChI is InChI=1S/C14H11ClN2O3.C13H11N3O4/c15-9-5-7-10(8-6-9)16-14(20)17-12-4-2-1-3-11(12)13(18)19;17-12-8-10(16(19)20)6-7-11(12)15-13(18)14-9-4-2-1-3-5-9/h1-8H,(H,18,19)(H2,16,17,20);1-8,17H,(H2,14,15,18). The molecule has 4 aromatic carbocycles. The van der Waals surface area contributed by atoms with E-state index in [-0.39, 0.29) is 28.4 Å². The van der Waals surface area contributed by atoms with Gasteiger partial charge in [0.05, 0.1) is 27.9 Å². The molecular weight excluding hydrogens is 542 g/mol. The van der Waals surface area contributed by atoms with Gasteiger partial charge in [-0.2, -0.15) is 0 Å². The van der Waals surface area contributed by atoms with E-state index in [0.717, 1.165) is 6.07 Å². The number of nitro benzene ring substituents is 1. The Hall–Kier alpha value is -5.62. The minimum Gasteiger partial charge on any atom is -0.506 e. The van der Waals surface area contributed by atoms with E-state index in [4.69, 9.17) is 16.7 Å². The van der Waals surface area contributed by atoms with Gasteiger partial charge in [-0.25, -0.2) is 14.4 Å². The first kappa shape index (κ1) is 28.9. The van der Waals surface area contributed by atoms with E-state index >= 15 is 0 Å². The molecule has 13 heteroatoms. The molecule has 4 rings (SSSR count). The van der Waals surface area contributed by atoms with Crippen molar-refractivity contribution in [3.8, 4) is 5.75 Å². The lowest BCUT2D eigenvalue weighted by molar-refractivity contribution is -0.384. The highest BCUT2D eigenvalue weighted by Crippen LogP contribution is 2.28. The van der Waals surface area contributed by atoms with Crippen molar-refractivity contribution < 1.29 is 29.5 Å². The average molecular weight is 564 g/mol. The van der Waals surface area contributed by atoms with Crippen molar-refractivity contribution >= 4 is 58.1 Å². The smallest absolute Gasteiger partial charge is 0.337 e. The van der Waals surface area contributed by atoms with Gasteiger partial charge < -0.3 is 31.5 Å². The summed E-state index contributed by atoms with van der Waals surface area (Å²) in [7, 11) is 0. The number of non-ortho nitro benzene ring substituents is 1. The van der Waals surface area contributed by atoms with Gasteiger partial charge in [0.25, 0.3) is 5.69 Å². The third-order valence-corrected chi connectivity index (χ3v) is 5.23. The van der Waals surface area contributed by atoms with Gasteiger partial charge in [-0.1, -0.05) is 41.9 Å². The SMILES string of the molecule is O=C(Nc1ccc(Cl)cc1)Nc1ccccc1C(=O)O.O=C(Nc1ccccc1)Nc1ccc([N+](=O)[O-])cc1O. The number of urea groups is 2. The number of carbonyl (C=O) groups is 3. The van der Waals surface area contributed by atoms with Crippen LogP contribution in [0, 0.1) is 10.1 Å². The van der Waals surface area contributed by atoms with Crippen LogP contribution in [0.25, 0.3) is 0 Å². The van der Waals surface area contributed by atoms with Crippen LogP contribution in [0.3, 0.4) is 0 Å². The summed E-state index contributed by atoms with van der Waals surface area (Å²) in [6.07, 6.45) is 0. The van der Waals surface area contributed by atoms with Gasteiger partial charge in [0.1, 0.15) is 5.75 Å². The summed E-state index contributed by atoms with van der Waals surface area (Å²) in [4.78, 5) is 44.4. The number of halogens is 1. The molecule has 0 spiro atoms. The number of rotatable bonds is 6. The third kappa shape index (κ3) is 8.75. The highest BCUT2D eigenvalue weighted by molar-refractivity contribution is 6.30. The average Bonchev–Trinajstić information content (AvgIpc) is 2.92. The van der Waals surface area contributed by atoms with Crippen molar-refractivity contribution in [2.75, 3.05) is 21.3 Å². The second-order valence-electron chi connectivity index (χ2n) is 7.84. The van der Waals surface area contributed by atoms with Crippen LogP contribution in [0.2, 0.25) is 5.02 Å². The van der Waals surface area contributed by atoms with Gasteiger partial charge in [-0.05, 0) is 54.6 Å². The maximum atomic E-state index is 11.8. The second kappa shape index (κ2) is 13.8. The molecule has 0 aliphatic rings. The lowest BCUT2D eigenvalue weighted by atomic mass is 10.2. The van der Waals surface area contributed by atoms with Crippen LogP contribution in [0.5, 0.6) is 5.75 Å². The molecule has 6 N–H and O–H groups in total. The zero-order valence-corrected chi connectivity index (χ0v) is 21.3. The fourth-order valence-corrected chi connectivity index (χ4v) is 3.27. The number of para-hydroxylation sites is 2. The summed E-state index contributed by atoms with van der Waals surface area (Å²) < 4.78 is 0. The first-order chi connectivity index (χ1) is 19.1. The number of nitrogens with zero attached hydrogens (tertiary/aromatic N) is 1. The number of aromatic carboxylic acids is 1. The molecule has 0 heterocycles. The summed E-state index contributed by atoms with van der Waals surface area (Å²) in [6, 6.07) is 23.8. The van der Waals surface area contributed by atoms with Crippen LogP contribution in [-0.4, -0.2) is 33.2 Å². The number of carboxylic acid groups (broad SMARTS) is 1. The molecule has 204 valence electrons. The van der Waals surface area contributed by atoms with Gasteiger partial charge in [-0.3, -0.25) is 10.1 Å². The van der Waals surface area contributed by atoms with E-state index in [9.17, 15) is 29.6 Å². The van der Waals surface area contributed by atoms with Crippen molar-refractivity contribution in [3.05, 3.63) is 118 Å². The number of phenolic OH excluding ortho intramolecular Hbond substituents is 1. The van der Waals surface area contributed by atoms with E-state index in [1.807, 2.05) is 6.07 Å². The minimum atomic E-state index is -1.10. The lowest BCUT2D eigenvalue weighted by Crippen LogP contribution is -2.20. The molecule has 0 aromatic heterocycles. The Morgan fingerprint density at radius 1 is 0.700 bits per heavy atom. The highest BCUT2D eigenvalue weighted by Gasteiger charge is 2.13. The Balaban J connectivity index is 0.000000220. The second-order valence-corrected chi connectivity index (χ2v) is 8.28.